The van der Waals surface area contributed by atoms with Gasteiger partial charge >= 0.3 is 0 Å². The van der Waals surface area contributed by atoms with Gasteiger partial charge in [0.15, 0.2) is 0 Å². The number of hydrogen-bond acceptors (Lipinski definition) is 3. The van der Waals surface area contributed by atoms with Crippen LogP contribution >= 0.6 is 0 Å². The Morgan fingerprint density at radius 3 is 3.15 bits per heavy atom. The Morgan fingerprint density at radius 2 is 2.46 bits per heavy atom. The van der Waals surface area contributed by atoms with Gasteiger partial charge in [0.25, 0.3) is 0 Å². The van der Waals surface area contributed by atoms with E-state index in [2.05, 4.69) is 11.1 Å². The van der Waals surface area contributed by atoms with Crippen LogP contribution in [0, 0.1) is 18.3 Å². The third kappa shape index (κ3) is 3.12. The Bertz CT molecular complexity index is 304. The standard InChI is InChI=1S/C10H12N2O/c1-9-5-4-7-12-10(9)13-8-3-2-6-11/h4-5,7H,2-3,8H2,1H3. The van der Waals surface area contributed by atoms with Gasteiger partial charge in [0, 0.05) is 18.2 Å². The molecule has 0 aromatic carbocycles. The summed E-state index contributed by atoms with van der Waals surface area (Å²) in [6.45, 7) is 2.51. The lowest BCUT2D eigenvalue weighted by atomic mass is 10.3. The number of pyridine rings is 1. The highest BCUT2D eigenvalue weighted by Crippen LogP contribution is 2.12. The third-order valence-electron chi connectivity index (χ3n) is 1.63. The lowest BCUT2D eigenvalue weighted by Crippen LogP contribution is -1.99. The lowest BCUT2D eigenvalue weighted by Gasteiger charge is -2.05. The van der Waals surface area contributed by atoms with E-state index in [9.17, 15) is 0 Å². The molecule has 0 aliphatic heterocycles. The smallest absolute Gasteiger partial charge is 0.216 e. The number of hydrogen-bond donors (Lipinski definition) is 0. The zero-order valence-corrected chi connectivity index (χ0v) is 7.66. The molecule has 1 heterocycles. The first-order valence-electron chi connectivity index (χ1n) is 4.26. The summed E-state index contributed by atoms with van der Waals surface area (Å²) in [5, 5.41) is 8.30. The molecule has 1 aromatic rings. The molecule has 0 bridgehead atoms. The number of unbranched alkanes of at least 4 members (excludes halogenated alkanes) is 1. The quantitative estimate of drug-likeness (QED) is 0.660. The van der Waals surface area contributed by atoms with E-state index >= 15 is 0 Å². The van der Waals surface area contributed by atoms with E-state index in [1.807, 2.05) is 19.1 Å². The van der Waals surface area contributed by atoms with Crippen molar-refractivity contribution in [2.75, 3.05) is 6.61 Å². The Hall–Kier alpha value is -1.56. The Kier molecular flexibility index (Phi) is 3.77. The van der Waals surface area contributed by atoms with E-state index in [1.165, 1.54) is 0 Å². The van der Waals surface area contributed by atoms with Crippen LogP contribution in [0.2, 0.25) is 0 Å². The van der Waals surface area contributed by atoms with Gasteiger partial charge < -0.3 is 4.74 Å². The molecular weight excluding hydrogens is 164 g/mol. The number of nitriles is 1. The molecule has 0 radical (unpaired) electrons. The second kappa shape index (κ2) is 5.15. The van der Waals surface area contributed by atoms with Crippen LogP contribution < -0.4 is 4.74 Å². The van der Waals surface area contributed by atoms with Crippen LogP contribution in [0.15, 0.2) is 18.3 Å². The van der Waals surface area contributed by atoms with Crippen molar-refractivity contribution in [1.82, 2.24) is 4.98 Å². The molecule has 0 aliphatic rings. The molecule has 68 valence electrons. The van der Waals surface area contributed by atoms with Crippen molar-refractivity contribution in [2.45, 2.75) is 19.8 Å². The highest BCUT2D eigenvalue weighted by molar-refractivity contribution is 5.23. The first-order valence-corrected chi connectivity index (χ1v) is 4.26. The minimum atomic E-state index is 0.534. The van der Waals surface area contributed by atoms with Crippen molar-refractivity contribution < 1.29 is 4.74 Å². The second-order valence-corrected chi connectivity index (χ2v) is 2.74. The Balaban J connectivity index is 2.37. The zero-order chi connectivity index (χ0) is 9.52. The van der Waals surface area contributed by atoms with Crippen molar-refractivity contribution in [1.29, 1.82) is 5.26 Å². The number of aryl methyl sites for hydroxylation is 1. The maximum absolute atomic E-state index is 8.30. The molecule has 0 N–H and O–H groups in total. The average Bonchev–Trinajstić information content (AvgIpc) is 2.15. The third-order valence-corrected chi connectivity index (χ3v) is 1.63. The molecule has 1 aromatic heterocycles. The number of rotatable bonds is 4. The maximum Gasteiger partial charge on any atom is 0.216 e. The predicted octanol–water partition coefficient (Wildman–Crippen LogP) is 2.07. The molecule has 0 fully saturated rings. The summed E-state index contributed by atoms with van der Waals surface area (Å²) in [6, 6.07) is 5.89. The van der Waals surface area contributed by atoms with Crippen molar-refractivity contribution in [3.05, 3.63) is 23.9 Å². The highest BCUT2D eigenvalue weighted by Gasteiger charge is 1.97. The summed E-state index contributed by atoms with van der Waals surface area (Å²) < 4.78 is 5.38. The van der Waals surface area contributed by atoms with Gasteiger partial charge in [-0.1, -0.05) is 6.07 Å². The van der Waals surface area contributed by atoms with E-state index in [-0.39, 0.29) is 0 Å². The summed E-state index contributed by atoms with van der Waals surface area (Å²) in [5.41, 5.74) is 1.03. The van der Waals surface area contributed by atoms with Crippen LogP contribution in [-0.2, 0) is 0 Å². The summed E-state index contributed by atoms with van der Waals surface area (Å²) in [7, 11) is 0. The van der Waals surface area contributed by atoms with Crippen molar-refractivity contribution in [2.24, 2.45) is 0 Å². The molecule has 0 atom stereocenters. The molecule has 0 aliphatic carbocycles. The van der Waals surface area contributed by atoms with Crippen LogP contribution in [0.3, 0.4) is 0 Å². The van der Waals surface area contributed by atoms with E-state index < -0.39 is 0 Å². The van der Waals surface area contributed by atoms with Crippen molar-refractivity contribution in [3.8, 4) is 11.9 Å². The summed E-state index contributed by atoms with van der Waals surface area (Å²) in [6.07, 6.45) is 2.99. The SMILES string of the molecule is Cc1cccnc1OCCCC#N. The average molecular weight is 176 g/mol. The largest absolute Gasteiger partial charge is 0.477 e. The zero-order valence-electron chi connectivity index (χ0n) is 7.66. The van der Waals surface area contributed by atoms with Gasteiger partial charge in [-0.15, -0.1) is 0 Å². The lowest BCUT2D eigenvalue weighted by molar-refractivity contribution is 0.298. The predicted molar refractivity (Wildman–Crippen MR) is 49.3 cm³/mol. The summed E-state index contributed by atoms with van der Waals surface area (Å²) in [5.74, 6) is 0.667. The Morgan fingerprint density at radius 1 is 1.62 bits per heavy atom. The van der Waals surface area contributed by atoms with Crippen molar-refractivity contribution in [3.63, 3.8) is 0 Å². The number of aromatic nitrogens is 1. The second-order valence-electron chi connectivity index (χ2n) is 2.74. The molecule has 0 amide bonds. The fraction of sp³-hybridized carbons (Fsp3) is 0.400. The van der Waals surface area contributed by atoms with Gasteiger partial charge in [-0.3, -0.25) is 0 Å². The van der Waals surface area contributed by atoms with Gasteiger partial charge in [0.2, 0.25) is 5.88 Å². The fourth-order valence-corrected chi connectivity index (χ4v) is 0.942. The Labute approximate surface area is 78.0 Å². The highest BCUT2D eigenvalue weighted by atomic mass is 16.5. The van der Waals surface area contributed by atoms with Gasteiger partial charge in [-0.2, -0.15) is 5.26 Å². The molecule has 13 heavy (non-hydrogen) atoms. The first kappa shape index (κ1) is 9.53. The van der Waals surface area contributed by atoms with E-state index in [1.54, 1.807) is 6.20 Å². The van der Waals surface area contributed by atoms with Gasteiger partial charge in [0.1, 0.15) is 0 Å². The van der Waals surface area contributed by atoms with E-state index in [0.717, 1.165) is 12.0 Å². The summed E-state index contributed by atoms with van der Waals surface area (Å²) in [4.78, 5) is 4.07. The van der Waals surface area contributed by atoms with Crippen molar-refractivity contribution >= 4 is 0 Å². The topological polar surface area (TPSA) is 45.9 Å². The fourth-order valence-electron chi connectivity index (χ4n) is 0.942. The van der Waals surface area contributed by atoms with Crippen LogP contribution in [0.5, 0.6) is 5.88 Å². The maximum atomic E-state index is 8.30. The molecule has 3 heteroatoms. The normalized spacial score (nSPS) is 9.23. The van der Waals surface area contributed by atoms with Crippen LogP contribution in [0.1, 0.15) is 18.4 Å². The molecule has 0 saturated heterocycles. The molecule has 3 nitrogen and oxygen atoms in total. The molecular formula is C10H12N2O. The van der Waals surface area contributed by atoms with E-state index in [4.69, 9.17) is 10.00 Å². The minimum Gasteiger partial charge on any atom is -0.477 e. The molecule has 1 rings (SSSR count). The van der Waals surface area contributed by atoms with E-state index in [0.29, 0.717) is 18.9 Å². The minimum absolute atomic E-state index is 0.534. The molecule has 0 spiro atoms. The first-order chi connectivity index (χ1) is 6.34. The summed E-state index contributed by atoms with van der Waals surface area (Å²) >= 11 is 0. The number of ether oxygens (including phenoxy) is 1. The number of nitrogens with zero attached hydrogens (tertiary/aromatic N) is 2. The monoisotopic (exact) mass is 176 g/mol. The molecule has 0 saturated carbocycles. The van der Waals surface area contributed by atoms with Crippen LogP contribution in [0.25, 0.3) is 0 Å². The van der Waals surface area contributed by atoms with Crippen LogP contribution in [-0.4, -0.2) is 11.6 Å². The van der Waals surface area contributed by atoms with Gasteiger partial charge in [0.05, 0.1) is 12.7 Å². The van der Waals surface area contributed by atoms with Gasteiger partial charge in [-0.25, -0.2) is 4.98 Å². The molecule has 0 unspecified atom stereocenters. The van der Waals surface area contributed by atoms with Crippen LogP contribution in [0.4, 0.5) is 0 Å². The van der Waals surface area contributed by atoms with Gasteiger partial charge in [-0.05, 0) is 19.4 Å².